The number of amides is 2. The van der Waals surface area contributed by atoms with Gasteiger partial charge >= 0.3 is 12.2 Å². The van der Waals surface area contributed by atoms with Crippen LogP contribution in [0.25, 0.3) is 0 Å². The summed E-state index contributed by atoms with van der Waals surface area (Å²) < 4.78 is 67.9. The van der Waals surface area contributed by atoms with E-state index in [2.05, 4.69) is 10.3 Å². The fraction of sp³-hybridized carbons (Fsp3) is 0.444. The highest BCUT2D eigenvalue weighted by Gasteiger charge is 2.32. The monoisotopic (exact) mass is 480 g/mol. The Kier molecular flexibility index (Phi) is 8.40. The first-order valence-corrected chi connectivity index (χ1v) is 11.5. The molecule has 0 unspecified atom stereocenters. The van der Waals surface area contributed by atoms with Crippen LogP contribution < -0.4 is 14.9 Å². The van der Waals surface area contributed by atoms with E-state index in [0.717, 1.165) is 5.56 Å². The first-order valence-electron chi connectivity index (χ1n) is 9.17. The van der Waals surface area contributed by atoms with Crippen molar-refractivity contribution in [2.24, 2.45) is 0 Å². The van der Waals surface area contributed by atoms with Crippen LogP contribution in [0.5, 0.6) is 0 Å². The lowest BCUT2D eigenvalue weighted by Crippen LogP contribution is -2.35. The van der Waals surface area contributed by atoms with Crippen molar-refractivity contribution in [3.8, 4) is 0 Å². The zero-order valence-electron chi connectivity index (χ0n) is 17.1. The molecule has 2 N–H and O–H groups in total. The Bertz CT molecular complexity index is 992. The van der Waals surface area contributed by atoms with Gasteiger partial charge in [0.25, 0.3) is 10.0 Å². The fourth-order valence-electron chi connectivity index (χ4n) is 2.53. The largest absolute Gasteiger partial charge is 0.402 e. The molecular formula is C18H23F3N4O4S2. The molecule has 8 nitrogen and oxygen atoms in total. The number of anilines is 2. The van der Waals surface area contributed by atoms with Gasteiger partial charge in [-0.3, -0.25) is 4.90 Å². The summed E-state index contributed by atoms with van der Waals surface area (Å²) in [5.41, 5.74) is 1.44. The van der Waals surface area contributed by atoms with E-state index in [0.29, 0.717) is 30.1 Å². The van der Waals surface area contributed by atoms with Gasteiger partial charge in [0.15, 0.2) is 9.34 Å². The zero-order valence-corrected chi connectivity index (χ0v) is 18.7. The number of sulfonamides is 1. The molecule has 31 heavy (non-hydrogen) atoms. The highest BCUT2D eigenvalue weighted by molar-refractivity contribution is 7.91. The number of thiazole rings is 1. The standard InChI is InChI=1S/C18H23F3N4O4S2/c1-4-9-25(16(26)24-14-7-5-13(6-8-14)10-29-3)17-23-12(2)15(30-17)31(27,28)22-11-18(19,20)21/h5-8,22H,4,9-11H2,1-3H3,(H,24,26). The minimum Gasteiger partial charge on any atom is -0.380 e. The average molecular weight is 481 g/mol. The molecule has 0 aliphatic heterocycles. The molecule has 13 heteroatoms. The lowest BCUT2D eigenvalue weighted by atomic mass is 10.2. The molecule has 1 heterocycles. The molecule has 0 saturated carbocycles. The van der Waals surface area contributed by atoms with Crippen LogP contribution in [0.1, 0.15) is 24.6 Å². The summed E-state index contributed by atoms with van der Waals surface area (Å²) in [6, 6.07) is 6.42. The van der Waals surface area contributed by atoms with Crippen molar-refractivity contribution in [3.63, 3.8) is 0 Å². The number of hydrogen-bond donors (Lipinski definition) is 2. The highest BCUT2D eigenvalue weighted by atomic mass is 32.2. The van der Waals surface area contributed by atoms with Gasteiger partial charge in [0.1, 0.15) is 6.54 Å². The smallest absolute Gasteiger partial charge is 0.380 e. The maximum Gasteiger partial charge on any atom is 0.402 e. The summed E-state index contributed by atoms with van der Waals surface area (Å²) in [5.74, 6) is 0. The van der Waals surface area contributed by atoms with Crippen molar-refractivity contribution in [1.29, 1.82) is 0 Å². The van der Waals surface area contributed by atoms with Crippen LogP contribution in [-0.2, 0) is 21.4 Å². The Labute approximate surface area is 182 Å². The summed E-state index contributed by atoms with van der Waals surface area (Å²) in [7, 11) is -2.86. The van der Waals surface area contributed by atoms with Gasteiger partial charge in [-0.15, -0.1) is 0 Å². The molecule has 1 aromatic heterocycles. The Morgan fingerprint density at radius 1 is 1.26 bits per heavy atom. The number of carbonyl (C=O) groups excluding carboxylic acids is 1. The SMILES string of the molecule is CCCN(C(=O)Nc1ccc(COC)cc1)c1nc(C)c(S(=O)(=O)NCC(F)(F)F)s1. The van der Waals surface area contributed by atoms with E-state index >= 15 is 0 Å². The summed E-state index contributed by atoms with van der Waals surface area (Å²) in [5, 5.41) is 2.78. The van der Waals surface area contributed by atoms with Gasteiger partial charge in [0.2, 0.25) is 0 Å². The normalized spacial score (nSPS) is 12.1. The number of aromatic nitrogens is 1. The predicted molar refractivity (Wildman–Crippen MR) is 112 cm³/mol. The molecule has 1 aromatic carbocycles. The van der Waals surface area contributed by atoms with Gasteiger partial charge in [-0.1, -0.05) is 30.4 Å². The van der Waals surface area contributed by atoms with Crippen LogP contribution in [-0.4, -0.2) is 45.8 Å². The predicted octanol–water partition coefficient (Wildman–Crippen LogP) is 3.89. The number of aryl methyl sites for hydroxylation is 1. The number of nitrogens with one attached hydrogen (secondary N) is 2. The summed E-state index contributed by atoms with van der Waals surface area (Å²) in [6.45, 7) is 2.14. The molecule has 2 amide bonds. The topological polar surface area (TPSA) is 101 Å². The van der Waals surface area contributed by atoms with Gasteiger partial charge < -0.3 is 10.1 Å². The lowest BCUT2D eigenvalue weighted by molar-refractivity contribution is -0.121. The summed E-state index contributed by atoms with van der Waals surface area (Å²) in [6.07, 6.45) is -4.14. The van der Waals surface area contributed by atoms with Crippen molar-refractivity contribution < 1.29 is 31.1 Å². The summed E-state index contributed by atoms with van der Waals surface area (Å²) >= 11 is 0.633. The van der Waals surface area contributed by atoms with Crippen molar-refractivity contribution >= 4 is 38.2 Å². The Balaban J connectivity index is 2.22. The third kappa shape index (κ3) is 7.16. The average Bonchev–Trinajstić information content (AvgIpc) is 3.08. The third-order valence-electron chi connectivity index (χ3n) is 3.89. The maximum absolute atomic E-state index is 12.8. The lowest BCUT2D eigenvalue weighted by Gasteiger charge is -2.19. The Hall–Kier alpha value is -2.22. The minimum absolute atomic E-state index is 0.00694. The second-order valence-corrected chi connectivity index (χ2v) is 9.46. The Morgan fingerprint density at radius 3 is 2.45 bits per heavy atom. The van der Waals surface area contributed by atoms with Gasteiger partial charge in [-0.25, -0.2) is 22.9 Å². The fourth-order valence-corrected chi connectivity index (χ4v) is 5.11. The first kappa shape index (κ1) is 25.0. The number of nitrogens with zero attached hydrogens (tertiary/aromatic N) is 2. The molecule has 0 atom stereocenters. The molecular weight excluding hydrogens is 457 g/mol. The molecule has 0 spiro atoms. The zero-order chi connectivity index (χ0) is 23.2. The van der Waals surface area contributed by atoms with E-state index in [1.54, 1.807) is 31.4 Å². The molecule has 0 aliphatic carbocycles. The molecule has 2 rings (SSSR count). The molecule has 0 radical (unpaired) electrons. The quantitative estimate of drug-likeness (QED) is 0.567. The summed E-state index contributed by atoms with van der Waals surface area (Å²) in [4.78, 5) is 18.1. The highest BCUT2D eigenvalue weighted by Crippen LogP contribution is 2.31. The number of hydrogen-bond acceptors (Lipinski definition) is 6. The molecule has 0 saturated heterocycles. The second-order valence-electron chi connectivity index (χ2n) is 6.52. The number of carbonyl (C=O) groups is 1. The first-order chi connectivity index (χ1) is 14.5. The van der Waals surface area contributed by atoms with Gasteiger partial charge in [-0.2, -0.15) is 13.2 Å². The number of rotatable bonds is 9. The van der Waals surface area contributed by atoms with Crippen molar-refractivity contribution in [2.75, 3.05) is 30.4 Å². The second kappa shape index (κ2) is 10.4. The van der Waals surface area contributed by atoms with E-state index in [-0.39, 0.29) is 21.6 Å². The van der Waals surface area contributed by atoms with E-state index in [1.165, 1.54) is 16.5 Å². The molecule has 0 bridgehead atoms. The maximum atomic E-state index is 12.8. The van der Waals surface area contributed by atoms with E-state index in [9.17, 15) is 26.4 Å². The van der Waals surface area contributed by atoms with Crippen molar-refractivity contribution in [2.45, 2.75) is 37.3 Å². The van der Waals surface area contributed by atoms with Gasteiger partial charge in [0, 0.05) is 19.3 Å². The number of urea groups is 1. The number of benzene rings is 1. The number of methoxy groups -OCH3 is 1. The van der Waals surface area contributed by atoms with Crippen LogP contribution in [0.3, 0.4) is 0 Å². The Morgan fingerprint density at radius 2 is 1.90 bits per heavy atom. The van der Waals surface area contributed by atoms with Crippen LogP contribution in [0, 0.1) is 6.92 Å². The molecule has 172 valence electrons. The number of alkyl halides is 3. The van der Waals surface area contributed by atoms with E-state index in [1.807, 2.05) is 6.92 Å². The number of halogens is 3. The molecule has 2 aromatic rings. The van der Waals surface area contributed by atoms with Crippen LogP contribution >= 0.6 is 11.3 Å². The molecule has 0 aliphatic rings. The van der Waals surface area contributed by atoms with Crippen LogP contribution in [0.4, 0.5) is 28.8 Å². The number of ether oxygens (including phenoxy) is 1. The van der Waals surface area contributed by atoms with Crippen LogP contribution in [0.2, 0.25) is 0 Å². The van der Waals surface area contributed by atoms with Crippen molar-refractivity contribution in [3.05, 3.63) is 35.5 Å². The molecule has 0 fully saturated rings. The van der Waals surface area contributed by atoms with Gasteiger partial charge in [0.05, 0.1) is 12.3 Å². The van der Waals surface area contributed by atoms with E-state index in [4.69, 9.17) is 4.74 Å². The minimum atomic E-state index is -4.69. The van der Waals surface area contributed by atoms with E-state index < -0.39 is 28.8 Å². The van der Waals surface area contributed by atoms with Crippen LogP contribution in [0.15, 0.2) is 28.5 Å². The van der Waals surface area contributed by atoms with Crippen molar-refractivity contribution in [1.82, 2.24) is 9.71 Å². The van der Waals surface area contributed by atoms with Gasteiger partial charge in [-0.05, 0) is 31.0 Å². The third-order valence-corrected chi connectivity index (χ3v) is 7.08.